The van der Waals surface area contributed by atoms with Gasteiger partial charge < -0.3 is 9.52 Å². The van der Waals surface area contributed by atoms with Crippen LogP contribution < -0.4 is 0 Å². The summed E-state index contributed by atoms with van der Waals surface area (Å²) < 4.78 is 20.1. The first-order valence-corrected chi connectivity index (χ1v) is 12.0. The summed E-state index contributed by atoms with van der Waals surface area (Å²) in [7, 11) is 0. The molecule has 0 spiro atoms. The fraction of sp³-hybridized carbons (Fsp3) is 0.226. The Morgan fingerprint density at radius 2 is 1.65 bits per heavy atom. The van der Waals surface area contributed by atoms with E-state index in [0.717, 1.165) is 32.8 Å². The van der Waals surface area contributed by atoms with Crippen molar-refractivity contribution in [2.75, 3.05) is 0 Å². The maximum absolute atomic E-state index is 14.0. The van der Waals surface area contributed by atoms with E-state index in [2.05, 4.69) is 6.07 Å². The van der Waals surface area contributed by atoms with Crippen LogP contribution in [0.25, 0.3) is 44.1 Å². The zero-order valence-electron chi connectivity index (χ0n) is 21.4. The number of aliphatic hydroxyl groups is 1. The molecular weight excluding hydrogens is 646 g/mol. The van der Waals surface area contributed by atoms with Gasteiger partial charge in [0.15, 0.2) is 5.78 Å². The number of carbonyl (C=O) groups excluding carboxylic acids is 1. The van der Waals surface area contributed by atoms with Gasteiger partial charge in [0.05, 0.1) is 11.3 Å². The minimum Gasteiger partial charge on any atom is -0.512 e. The third-order valence-electron chi connectivity index (χ3n) is 5.89. The van der Waals surface area contributed by atoms with Crippen LogP contribution in [0.3, 0.4) is 0 Å². The predicted octanol–water partition coefficient (Wildman–Crippen LogP) is 8.36. The molecule has 0 saturated heterocycles. The topological polar surface area (TPSA) is 63.3 Å². The minimum atomic E-state index is -0.300. The van der Waals surface area contributed by atoms with Crippen LogP contribution in [0.4, 0.5) is 4.39 Å². The molecule has 193 valence electrons. The van der Waals surface area contributed by atoms with E-state index < -0.39 is 0 Å². The molecular formula is C31H29FIrNO3-. The third-order valence-corrected chi connectivity index (χ3v) is 5.89. The van der Waals surface area contributed by atoms with Crippen molar-refractivity contribution in [3.63, 3.8) is 0 Å². The number of aromatic nitrogens is 1. The fourth-order valence-corrected chi connectivity index (χ4v) is 3.89. The Morgan fingerprint density at radius 3 is 2.30 bits per heavy atom. The van der Waals surface area contributed by atoms with E-state index in [0.29, 0.717) is 16.8 Å². The Morgan fingerprint density at radius 1 is 1.00 bits per heavy atom. The number of nitrogens with zero attached hydrogens (tertiary/aromatic N) is 1. The van der Waals surface area contributed by atoms with Gasteiger partial charge in [0.25, 0.3) is 0 Å². The van der Waals surface area contributed by atoms with Crippen molar-refractivity contribution in [2.45, 2.75) is 34.6 Å². The molecule has 3 aromatic carbocycles. The van der Waals surface area contributed by atoms with Gasteiger partial charge in [-0.15, -0.1) is 29.3 Å². The standard InChI is InChI=1S/C22H13FNO.C9H16O2.Ir/c1-13-10-14(12-15(23)11-13)21-22-20(16-6-2-4-8-18(16)24-21)17-7-3-5-9-19(17)25-22;1-6(2)8(10)5-9(11)7(3)4;/h2-9,11-12H,1H3;5-7,10H,1-4H3;/q-1;;/b;8-5-;. The van der Waals surface area contributed by atoms with Crippen LogP contribution in [0.5, 0.6) is 0 Å². The average Bonchev–Trinajstić information content (AvgIpc) is 3.23. The van der Waals surface area contributed by atoms with Crippen LogP contribution in [0.1, 0.15) is 33.3 Å². The number of ketones is 1. The van der Waals surface area contributed by atoms with Crippen LogP contribution in [-0.4, -0.2) is 15.9 Å². The molecule has 0 amide bonds. The molecule has 2 aromatic heterocycles. The van der Waals surface area contributed by atoms with Crippen molar-refractivity contribution in [3.05, 3.63) is 89.9 Å². The number of hydrogen-bond acceptors (Lipinski definition) is 4. The first-order valence-electron chi connectivity index (χ1n) is 12.0. The van der Waals surface area contributed by atoms with Crippen molar-refractivity contribution in [1.82, 2.24) is 4.98 Å². The number of para-hydroxylation sites is 2. The zero-order chi connectivity index (χ0) is 26.0. The largest absolute Gasteiger partial charge is 0.512 e. The van der Waals surface area contributed by atoms with E-state index in [4.69, 9.17) is 9.40 Å². The summed E-state index contributed by atoms with van der Waals surface area (Å²) >= 11 is 0. The van der Waals surface area contributed by atoms with E-state index >= 15 is 0 Å². The van der Waals surface area contributed by atoms with Gasteiger partial charge in [-0.1, -0.05) is 71.0 Å². The van der Waals surface area contributed by atoms with Crippen LogP contribution >= 0.6 is 0 Å². The molecule has 6 heteroatoms. The van der Waals surface area contributed by atoms with E-state index in [1.165, 1.54) is 18.2 Å². The Hall–Kier alpha value is -3.34. The number of carbonyl (C=O) groups is 1. The van der Waals surface area contributed by atoms with Crippen LogP contribution in [0.15, 0.2) is 76.9 Å². The molecule has 0 bridgehead atoms. The Kier molecular flexibility index (Phi) is 9.01. The Bertz CT molecular complexity index is 1580. The summed E-state index contributed by atoms with van der Waals surface area (Å²) in [5.41, 5.74) is 4.27. The molecule has 5 aromatic rings. The molecule has 5 rings (SSSR count). The van der Waals surface area contributed by atoms with Gasteiger partial charge in [0, 0.05) is 65.7 Å². The van der Waals surface area contributed by atoms with Crippen LogP contribution in [0.2, 0.25) is 0 Å². The second kappa shape index (κ2) is 11.8. The van der Waals surface area contributed by atoms with Crippen LogP contribution in [-0.2, 0) is 24.9 Å². The summed E-state index contributed by atoms with van der Waals surface area (Å²) in [6, 6.07) is 22.0. The smallest absolute Gasteiger partial charge is 0.161 e. The number of allylic oxidation sites excluding steroid dienone is 2. The summed E-state index contributed by atoms with van der Waals surface area (Å²) in [5, 5.41) is 12.3. The summed E-state index contributed by atoms with van der Waals surface area (Å²) in [5.74, 6) is -0.140. The zero-order valence-corrected chi connectivity index (χ0v) is 23.8. The normalized spacial score (nSPS) is 11.6. The molecule has 1 N–H and O–H groups in total. The number of benzene rings is 3. The molecule has 0 aliphatic carbocycles. The monoisotopic (exact) mass is 675 g/mol. The van der Waals surface area contributed by atoms with Gasteiger partial charge in [-0.2, -0.15) is 0 Å². The van der Waals surface area contributed by atoms with Gasteiger partial charge in [0.1, 0.15) is 11.2 Å². The number of hydrogen-bond donors (Lipinski definition) is 1. The molecule has 0 fully saturated rings. The molecule has 0 aliphatic rings. The van der Waals surface area contributed by atoms with Gasteiger partial charge in [0.2, 0.25) is 0 Å². The fourth-order valence-electron chi connectivity index (χ4n) is 3.89. The number of pyridine rings is 1. The molecule has 4 nitrogen and oxygen atoms in total. The SMILES string of the molecule is CC(C)C(=O)/C=C(\O)C(C)C.Cc1[c-]c(-c2nc3ccccc3c3c2oc2ccccc23)cc(F)c1.[Ir]. The van der Waals surface area contributed by atoms with E-state index in [1.807, 2.05) is 83.1 Å². The molecule has 0 unspecified atom stereocenters. The van der Waals surface area contributed by atoms with E-state index in [1.54, 1.807) is 0 Å². The molecule has 1 radical (unpaired) electrons. The Balaban J connectivity index is 0.000000273. The number of rotatable bonds is 4. The van der Waals surface area contributed by atoms with Gasteiger partial charge >= 0.3 is 0 Å². The molecule has 37 heavy (non-hydrogen) atoms. The van der Waals surface area contributed by atoms with Crippen molar-refractivity contribution in [2.24, 2.45) is 11.8 Å². The molecule has 0 atom stereocenters. The maximum Gasteiger partial charge on any atom is 0.161 e. The summed E-state index contributed by atoms with van der Waals surface area (Å²) in [6.45, 7) is 9.14. The Labute approximate surface area is 229 Å². The van der Waals surface area contributed by atoms with Crippen molar-refractivity contribution >= 4 is 38.6 Å². The number of halogens is 1. The maximum atomic E-state index is 14.0. The summed E-state index contributed by atoms with van der Waals surface area (Å²) in [6.07, 6.45) is 1.31. The average molecular weight is 675 g/mol. The molecule has 2 heterocycles. The molecule has 0 saturated carbocycles. The number of aryl methyl sites for hydroxylation is 1. The van der Waals surface area contributed by atoms with Crippen molar-refractivity contribution in [1.29, 1.82) is 0 Å². The summed E-state index contributed by atoms with van der Waals surface area (Å²) in [4.78, 5) is 15.8. The van der Waals surface area contributed by atoms with Crippen molar-refractivity contribution < 1.29 is 38.8 Å². The van der Waals surface area contributed by atoms with Gasteiger partial charge in [-0.25, -0.2) is 4.39 Å². The van der Waals surface area contributed by atoms with Gasteiger partial charge in [-0.05, 0) is 12.1 Å². The van der Waals surface area contributed by atoms with Crippen LogP contribution in [0, 0.1) is 30.6 Å². The van der Waals surface area contributed by atoms with Gasteiger partial charge in [-0.3, -0.25) is 9.78 Å². The van der Waals surface area contributed by atoms with Crippen molar-refractivity contribution in [3.8, 4) is 11.3 Å². The first kappa shape index (κ1) is 28.2. The predicted molar refractivity (Wildman–Crippen MR) is 143 cm³/mol. The quantitative estimate of drug-likeness (QED) is 0.118. The van der Waals surface area contributed by atoms with E-state index in [-0.39, 0.29) is 49.3 Å². The molecule has 0 aliphatic heterocycles. The first-order chi connectivity index (χ1) is 17.2. The number of fused-ring (bicyclic) bond motifs is 5. The van der Waals surface area contributed by atoms with E-state index in [9.17, 15) is 14.3 Å². The third kappa shape index (κ3) is 6.15. The second-order valence-corrected chi connectivity index (χ2v) is 9.46. The minimum absolute atomic E-state index is 0. The second-order valence-electron chi connectivity index (χ2n) is 9.46. The number of furan rings is 1. The number of aliphatic hydroxyl groups excluding tert-OH is 1.